The van der Waals surface area contributed by atoms with Crippen LogP contribution in [0.25, 0.3) is 10.9 Å². The molecule has 6 nitrogen and oxygen atoms in total. The third-order valence-corrected chi connectivity index (χ3v) is 7.50. The number of para-hydroxylation sites is 1. The van der Waals surface area contributed by atoms with E-state index in [9.17, 15) is 22.8 Å². The van der Waals surface area contributed by atoms with Crippen molar-refractivity contribution in [2.24, 2.45) is 0 Å². The zero-order valence-corrected chi connectivity index (χ0v) is 19.8. The molecular weight excluding hydrogens is 483 g/mol. The predicted molar refractivity (Wildman–Crippen MR) is 131 cm³/mol. The van der Waals surface area contributed by atoms with Gasteiger partial charge in [0.1, 0.15) is 29.3 Å². The van der Waals surface area contributed by atoms with Gasteiger partial charge in [0.15, 0.2) is 0 Å². The number of anilines is 1. The van der Waals surface area contributed by atoms with Gasteiger partial charge in [-0.25, -0.2) is 18.0 Å². The number of methoxy groups -OCH3 is 1. The first-order valence-corrected chi connectivity index (χ1v) is 11.8. The molecule has 6 rings (SSSR count). The highest BCUT2D eigenvalue weighted by molar-refractivity contribution is 6.00. The maximum atomic E-state index is 14.5. The number of hydrogen-bond donors (Lipinski definition) is 2. The van der Waals surface area contributed by atoms with Crippen molar-refractivity contribution in [2.75, 3.05) is 19.0 Å². The molecule has 4 aromatic rings. The Bertz CT molecular complexity index is 1580. The molecule has 1 fully saturated rings. The number of likely N-dealkylation sites (tertiary alicyclic amines) is 1. The fourth-order valence-corrected chi connectivity index (χ4v) is 5.93. The highest BCUT2D eigenvalue weighted by Crippen LogP contribution is 2.55. The van der Waals surface area contributed by atoms with Crippen LogP contribution in [0.15, 0.2) is 60.7 Å². The zero-order chi connectivity index (χ0) is 25.9. The van der Waals surface area contributed by atoms with Crippen LogP contribution in [0.5, 0.6) is 0 Å². The monoisotopic (exact) mass is 505 g/mol. The first-order valence-electron chi connectivity index (χ1n) is 11.8. The van der Waals surface area contributed by atoms with Gasteiger partial charge >= 0.3 is 5.97 Å². The number of fused-ring (bicyclic) bond motifs is 4. The Balaban J connectivity index is 1.51. The van der Waals surface area contributed by atoms with Crippen molar-refractivity contribution in [3.8, 4) is 0 Å². The van der Waals surface area contributed by atoms with E-state index in [0.29, 0.717) is 29.4 Å². The molecule has 37 heavy (non-hydrogen) atoms. The Morgan fingerprint density at radius 1 is 1.05 bits per heavy atom. The van der Waals surface area contributed by atoms with E-state index in [0.717, 1.165) is 23.4 Å². The lowest BCUT2D eigenvalue weighted by Crippen LogP contribution is -2.47. The van der Waals surface area contributed by atoms with Gasteiger partial charge < -0.3 is 19.9 Å². The number of carbonyl (C=O) groups is 2. The Morgan fingerprint density at radius 3 is 2.59 bits per heavy atom. The van der Waals surface area contributed by atoms with Crippen LogP contribution in [-0.2, 0) is 21.4 Å². The van der Waals surface area contributed by atoms with E-state index in [-0.39, 0.29) is 23.6 Å². The van der Waals surface area contributed by atoms with Gasteiger partial charge in [0.25, 0.3) is 0 Å². The lowest BCUT2D eigenvalue weighted by Gasteiger charge is -2.33. The third kappa shape index (κ3) is 3.41. The fourth-order valence-electron chi connectivity index (χ4n) is 5.93. The molecule has 0 saturated carbocycles. The molecule has 0 radical (unpaired) electrons. The Hall–Kier alpha value is -4.27. The van der Waals surface area contributed by atoms with E-state index in [2.05, 4.69) is 10.3 Å². The van der Waals surface area contributed by atoms with E-state index >= 15 is 0 Å². The van der Waals surface area contributed by atoms with Crippen LogP contribution in [0.3, 0.4) is 0 Å². The summed E-state index contributed by atoms with van der Waals surface area (Å²) in [6.45, 7) is 0.302. The second-order valence-corrected chi connectivity index (χ2v) is 9.37. The average molecular weight is 505 g/mol. The Morgan fingerprint density at radius 2 is 1.81 bits per heavy atom. The molecule has 3 aromatic carbocycles. The molecule has 9 heteroatoms. The minimum atomic E-state index is -0.914. The number of esters is 1. The third-order valence-electron chi connectivity index (χ3n) is 7.50. The molecule has 2 aliphatic heterocycles. The van der Waals surface area contributed by atoms with Gasteiger partial charge in [0.2, 0.25) is 5.91 Å². The summed E-state index contributed by atoms with van der Waals surface area (Å²) in [5, 5.41) is 3.94. The summed E-state index contributed by atoms with van der Waals surface area (Å²) < 4.78 is 47.3. The average Bonchev–Trinajstić information content (AvgIpc) is 3.53. The molecule has 1 amide bonds. The summed E-state index contributed by atoms with van der Waals surface area (Å²) >= 11 is 0. The number of ether oxygens (including phenoxy) is 1. The van der Waals surface area contributed by atoms with E-state index in [1.807, 2.05) is 24.3 Å². The number of rotatable bonds is 4. The van der Waals surface area contributed by atoms with E-state index in [1.54, 1.807) is 11.0 Å². The predicted octanol–water partition coefficient (Wildman–Crippen LogP) is 4.88. The molecule has 0 bridgehead atoms. The van der Waals surface area contributed by atoms with Crippen molar-refractivity contribution in [2.45, 2.75) is 24.4 Å². The normalized spacial score (nSPS) is 20.0. The molecule has 1 aromatic heterocycles. The number of H-pyrrole nitrogens is 1. The van der Waals surface area contributed by atoms with Crippen molar-refractivity contribution in [1.82, 2.24) is 9.88 Å². The molecule has 0 spiro atoms. The van der Waals surface area contributed by atoms with Gasteiger partial charge in [-0.05, 0) is 47.9 Å². The summed E-state index contributed by atoms with van der Waals surface area (Å²) in [5.41, 5.74) is 2.10. The lowest BCUT2D eigenvalue weighted by molar-refractivity contribution is -0.131. The van der Waals surface area contributed by atoms with Crippen LogP contribution in [0.4, 0.5) is 18.9 Å². The lowest BCUT2D eigenvalue weighted by atomic mass is 9.72. The highest BCUT2D eigenvalue weighted by Gasteiger charge is 2.58. The molecule has 2 N–H and O–H groups in total. The van der Waals surface area contributed by atoms with E-state index in [1.165, 1.54) is 25.3 Å². The Labute approximate surface area is 210 Å². The highest BCUT2D eigenvalue weighted by atomic mass is 19.1. The zero-order valence-electron chi connectivity index (χ0n) is 19.8. The molecule has 0 unspecified atom stereocenters. The maximum Gasteiger partial charge on any atom is 0.354 e. The van der Waals surface area contributed by atoms with Crippen molar-refractivity contribution in [1.29, 1.82) is 0 Å². The van der Waals surface area contributed by atoms with Crippen molar-refractivity contribution in [3.63, 3.8) is 0 Å². The second kappa shape index (κ2) is 8.40. The van der Waals surface area contributed by atoms with Crippen LogP contribution in [0, 0.1) is 17.5 Å². The largest absolute Gasteiger partial charge is 0.464 e. The van der Waals surface area contributed by atoms with Crippen LogP contribution >= 0.6 is 0 Å². The van der Waals surface area contributed by atoms with Gasteiger partial charge in [0, 0.05) is 34.8 Å². The number of benzene rings is 3. The van der Waals surface area contributed by atoms with Crippen LogP contribution in [-0.4, -0.2) is 41.6 Å². The number of halogens is 3. The minimum absolute atomic E-state index is 0.0869. The van der Waals surface area contributed by atoms with Crippen LogP contribution < -0.4 is 5.32 Å². The fraction of sp³-hybridized carbons (Fsp3) is 0.214. The smallest absolute Gasteiger partial charge is 0.354 e. The van der Waals surface area contributed by atoms with Crippen molar-refractivity contribution in [3.05, 3.63) is 100 Å². The summed E-state index contributed by atoms with van der Waals surface area (Å²) in [7, 11) is 1.27. The summed E-state index contributed by atoms with van der Waals surface area (Å²) in [5.74, 6) is -2.94. The van der Waals surface area contributed by atoms with Gasteiger partial charge in [-0.3, -0.25) is 4.79 Å². The quantitative estimate of drug-likeness (QED) is 0.388. The standard InChI is InChI=1S/C28H22F3N3O3/c1-37-26(36)25-24(18-13-16(29)8-9-21(18)32-25)28-10-11-34(27(28)33-22-5-3-2-4-19(22)28)23(35)12-15-6-7-17(30)14-20(15)31/h2-9,13-14,27,32-33H,10-12H2,1H3/t27-,28-/m1/s1. The van der Waals surface area contributed by atoms with Gasteiger partial charge in [-0.1, -0.05) is 24.3 Å². The van der Waals surface area contributed by atoms with E-state index < -0.39 is 35.0 Å². The second-order valence-electron chi connectivity index (χ2n) is 9.37. The number of aromatic amines is 1. The molecule has 2 aliphatic rings. The first kappa shape index (κ1) is 23.1. The molecule has 188 valence electrons. The van der Waals surface area contributed by atoms with Gasteiger partial charge in [-0.15, -0.1) is 0 Å². The van der Waals surface area contributed by atoms with Crippen molar-refractivity contribution >= 4 is 28.5 Å². The van der Waals surface area contributed by atoms with Gasteiger partial charge in [-0.2, -0.15) is 0 Å². The van der Waals surface area contributed by atoms with E-state index in [4.69, 9.17) is 4.74 Å². The number of nitrogens with one attached hydrogen (secondary N) is 2. The Kier molecular flexibility index (Phi) is 5.25. The summed E-state index contributed by atoms with van der Waals surface area (Å²) in [4.78, 5) is 31.2. The number of nitrogens with zero attached hydrogens (tertiary/aromatic N) is 1. The molecule has 3 heterocycles. The first-order chi connectivity index (χ1) is 17.8. The van der Waals surface area contributed by atoms with Crippen molar-refractivity contribution < 1.29 is 27.5 Å². The molecule has 2 atom stereocenters. The number of amides is 1. The summed E-state index contributed by atoms with van der Waals surface area (Å²) in [6, 6.07) is 14.9. The SMILES string of the molecule is COC(=O)c1[nH]c2ccc(F)cc2c1[C@]12CCN(C(=O)Cc3ccc(F)cc3F)[C@H]1Nc1ccccc12. The molecule has 1 saturated heterocycles. The minimum Gasteiger partial charge on any atom is -0.464 e. The maximum absolute atomic E-state index is 14.5. The van der Waals surface area contributed by atoms with Crippen LogP contribution in [0.1, 0.15) is 33.6 Å². The number of aromatic nitrogens is 1. The number of carbonyl (C=O) groups excluding carboxylic acids is 2. The summed E-state index contributed by atoms with van der Waals surface area (Å²) in [6.07, 6.45) is -0.470. The van der Waals surface area contributed by atoms with Crippen LogP contribution in [0.2, 0.25) is 0 Å². The molecular formula is C28H22F3N3O3. The molecule has 0 aliphatic carbocycles. The topological polar surface area (TPSA) is 74.4 Å². The number of hydrogen-bond acceptors (Lipinski definition) is 4. The van der Waals surface area contributed by atoms with Gasteiger partial charge in [0.05, 0.1) is 18.9 Å².